The number of aryl methyl sites for hydroxylation is 1. The number of thioether (sulfide) groups is 1. The monoisotopic (exact) mass is 298 g/mol. The first-order valence-electron chi connectivity index (χ1n) is 7.17. The largest absolute Gasteiger partial charge is 0.481 e. The van der Waals surface area contributed by atoms with Crippen molar-refractivity contribution in [1.29, 1.82) is 0 Å². The Morgan fingerprint density at radius 3 is 3.05 bits per heavy atom. The van der Waals surface area contributed by atoms with Crippen LogP contribution in [-0.4, -0.2) is 39.6 Å². The van der Waals surface area contributed by atoms with E-state index in [1.807, 2.05) is 6.20 Å². The molecule has 112 valence electrons. The highest BCUT2D eigenvalue weighted by molar-refractivity contribution is 7.99. The van der Waals surface area contributed by atoms with Gasteiger partial charge >= 0.3 is 5.97 Å². The summed E-state index contributed by atoms with van der Waals surface area (Å²) in [6.07, 6.45) is 6.32. The molecule has 1 saturated carbocycles. The molecular weight excluding hydrogens is 276 g/mol. The molecule has 1 fully saturated rings. The average Bonchev–Trinajstić information content (AvgIpc) is 3.16. The van der Waals surface area contributed by atoms with Gasteiger partial charge in [0.1, 0.15) is 0 Å². The van der Waals surface area contributed by atoms with Crippen LogP contribution >= 0.6 is 11.8 Å². The van der Waals surface area contributed by atoms with Crippen molar-refractivity contribution in [3.05, 3.63) is 11.9 Å². The van der Waals surface area contributed by atoms with E-state index in [9.17, 15) is 4.79 Å². The molecule has 0 atom stereocenters. The molecule has 0 radical (unpaired) electrons. The van der Waals surface area contributed by atoms with Gasteiger partial charge < -0.3 is 14.4 Å². The highest BCUT2D eigenvalue weighted by atomic mass is 32.2. The minimum absolute atomic E-state index is 0.0539. The molecule has 1 aromatic heterocycles. The third-order valence-electron chi connectivity index (χ3n) is 3.31. The SMILES string of the molecule is CCc1cnc(SCC(=O)O)n1CCCOCC1CC1. The van der Waals surface area contributed by atoms with Gasteiger partial charge in [-0.15, -0.1) is 0 Å². The number of ether oxygens (including phenoxy) is 1. The number of carboxylic acids is 1. The smallest absolute Gasteiger partial charge is 0.313 e. The molecule has 0 saturated heterocycles. The molecule has 0 aliphatic heterocycles. The first kappa shape index (κ1) is 15.4. The van der Waals surface area contributed by atoms with Gasteiger partial charge in [0.05, 0.1) is 5.75 Å². The maximum atomic E-state index is 10.7. The quantitative estimate of drug-likeness (QED) is 0.531. The lowest BCUT2D eigenvalue weighted by atomic mass is 10.3. The molecular formula is C14H22N2O3S. The van der Waals surface area contributed by atoms with Crippen molar-refractivity contribution >= 4 is 17.7 Å². The second-order valence-electron chi connectivity index (χ2n) is 5.09. The lowest BCUT2D eigenvalue weighted by Crippen LogP contribution is -2.09. The molecule has 1 aliphatic rings. The molecule has 1 heterocycles. The minimum Gasteiger partial charge on any atom is -0.481 e. The third kappa shape index (κ3) is 4.83. The Morgan fingerprint density at radius 1 is 1.60 bits per heavy atom. The summed E-state index contributed by atoms with van der Waals surface area (Å²) in [6, 6.07) is 0. The van der Waals surface area contributed by atoms with Crippen molar-refractivity contribution in [2.45, 2.75) is 44.3 Å². The molecule has 2 rings (SSSR count). The summed E-state index contributed by atoms with van der Waals surface area (Å²) in [4.78, 5) is 15.0. The van der Waals surface area contributed by atoms with Crippen LogP contribution in [0, 0.1) is 5.92 Å². The van der Waals surface area contributed by atoms with Crippen LogP contribution in [0.4, 0.5) is 0 Å². The topological polar surface area (TPSA) is 64.3 Å². The van der Waals surface area contributed by atoms with E-state index in [0.717, 1.165) is 49.4 Å². The summed E-state index contributed by atoms with van der Waals surface area (Å²) in [6.45, 7) is 4.59. The minimum atomic E-state index is -0.810. The van der Waals surface area contributed by atoms with Crippen LogP contribution in [0.15, 0.2) is 11.4 Å². The lowest BCUT2D eigenvalue weighted by Gasteiger charge is -2.10. The first-order valence-corrected chi connectivity index (χ1v) is 8.16. The number of aromatic nitrogens is 2. The van der Waals surface area contributed by atoms with E-state index in [1.165, 1.54) is 24.6 Å². The van der Waals surface area contributed by atoms with Crippen LogP contribution in [0.3, 0.4) is 0 Å². The van der Waals surface area contributed by atoms with E-state index in [4.69, 9.17) is 9.84 Å². The summed E-state index contributed by atoms with van der Waals surface area (Å²) < 4.78 is 7.75. The van der Waals surface area contributed by atoms with Crippen molar-refractivity contribution in [3.8, 4) is 0 Å². The number of carboxylic acid groups (broad SMARTS) is 1. The van der Waals surface area contributed by atoms with Gasteiger partial charge in [-0.25, -0.2) is 4.98 Å². The van der Waals surface area contributed by atoms with Crippen molar-refractivity contribution in [1.82, 2.24) is 9.55 Å². The second kappa shape index (κ2) is 7.69. The second-order valence-corrected chi connectivity index (χ2v) is 6.03. The van der Waals surface area contributed by atoms with Gasteiger partial charge in [-0.2, -0.15) is 0 Å². The predicted octanol–water partition coefficient (Wildman–Crippen LogP) is 2.44. The van der Waals surface area contributed by atoms with Crippen molar-refractivity contribution in [3.63, 3.8) is 0 Å². The van der Waals surface area contributed by atoms with Crippen molar-refractivity contribution in [2.24, 2.45) is 5.92 Å². The van der Waals surface area contributed by atoms with Gasteiger partial charge in [-0.05, 0) is 31.6 Å². The van der Waals surface area contributed by atoms with E-state index in [1.54, 1.807) is 0 Å². The molecule has 6 heteroatoms. The highest BCUT2D eigenvalue weighted by Crippen LogP contribution is 2.28. The molecule has 20 heavy (non-hydrogen) atoms. The Labute approximate surface area is 123 Å². The molecule has 5 nitrogen and oxygen atoms in total. The number of imidazole rings is 1. The Kier molecular flexibility index (Phi) is 5.91. The van der Waals surface area contributed by atoms with E-state index >= 15 is 0 Å². The normalized spacial score (nSPS) is 14.7. The predicted molar refractivity (Wildman–Crippen MR) is 78.1 cm³/mol. The number of hydrogen-bond donors (Lipinski definition) is 1. The molecule has 1 aliphatic carbocycles. The van der Waals surface area contributed by atoms with E-state index in [2.05, 4.69) is 16.5 Å². The van der Waals surface area contributed by atoms with Crippen LogP contribution < -0.4 is 0 Å². The van der Waals surface area contributed by atoms with Crippen LogP contribution in [0.2, 0.25) is 0 Å². The van der Waals surface area contributed by atoms with Gasteiger partial charge in [0.15, 0.2) is 5.16 Å². The number of nitrogens with zero attached hydrogens (tertiary/aromatic N) is 2. The molecule has 0 spiro atoms. The van der Waals surface area contributed by atoms with Gasteiger partial charge in [-0.1, -0.05) is 18.7 Å². The van der Waals surface area contributed by atoms with Crippen LogP contribution in [0.25, 0.3) is 0 Å². The number of aliphatic carboxylic acids is 1. The zero-order valence-corrected chi connectivity index (χ0v) is 12.7. The molecule has 0 unspecified atom stereocenters. The Bertz CT molecular complexity index is 444. The van der Waals surface area contributed by atoms with Gasteiger partial charge in [0, 0.05) is 31.6 Å². The van der Waals surface area contributed by atoms with E-state index in [0.29, 0.717) is 0 Å². The van der Waals surface area contributed by atoms with Crippen LogP contribution in [-0.2, 0) is 22.5 Å². The fourth-order valence-electron chi connectivity index (χ4n) is 2.01. The summed E-state index contributed by atoms with van der Waals surface area (Å²) >= 11 is 1.28. The van der Waals surface area contributed by atoms with Crippen LogP contribution in [0.1, 0.15) is 31.9 Å². The zero-order valence-electron chi connectivity index (χ0n) is 11.9. The zero-order chi connectivity index (χ0) is 14.4. The Morgan fingerprint density at radius 2 is 2.40 bits per heavy atom. The Balaban J connectivity index is 1.79. The van der Waals surface area contributed by atoms with E-state index < -0.39 is 5.97 Å². The standard InChI is InChI=1S/C14H22N2O3S/c1-2-12-8-15-14(20-10-13(17)18)16(12)6-3-7-19-9-11-4-5-11/h8,11H,2-7,9-10H2,1H3,(H,17,18). The molecule has 1 N–H and O–H groups in total. The van der Waals surface area contributed by atoms with Gasteiger partial charge in [0.25, 0.3) is 0 Å². The van der Waals surface area contributed by atoms with Crippen LogP contribution in [0.5, 0.6) is 0 Å². The summed E-state index contributed by atoms with van der Waals surface area (Å²) in [5.74, 6) is 0.0460. The molecule has 0 aromatic carbocycles. The fourth-order valence-corrected chi connectivity index (χ4v) is 2.76. The summed E-state index contributed by atoms with van der Waals surface area (Å²) in [5, 5.41) is 9.55. The van der Waals surface area contributed by atoms with E-state index in [-0.39, 0.29) is 5.75 Å². The molecule has 0 amide bonds. The maximum Gasteiger partial charge on any atom is 0.313 e. The van der Waals surface area contributed by atoms with Crippen molar-refractivity contribution < 1.29 is 14.6 Å². The third-order valence-corrected chi connectivity index (χ3v) is 4.28. The number of hydrogen-bond acceptors (Lipinski definition) is 4. The summed E-state index contributed by atoms with van der Waals surface area (Å²) in [5.41, 5.74) is 1.15. The highest BCUT2D eigenvalue weighted by Gasteiger charge is 2.20. The van der Waals surface area contributed by atoms with Crippen molar-refractivity contribution in [2.75, 3.05) is 19.0 Å². The Hall–Kier alpha value is -1.01. The van der Waals surface area contributed by atoms with Gasteiger partial charge in [0.2, 0.25) is 0 Å². The number of rotatable bonds is 10. The molecule has 1 aromatic rings. The average molecular weight is 298 g/mol. The fraction of sp³-hybridized carbons (Fsp3) is 0.714. The maximum absolute atomic E-state index is 10.7. The number of carbonyl (C=O) groups is 1. The molecule has 0 bridgehead atoms. The first-order chi connectivity index (χ1) is 9.70. The lowest BCUT2D eigenvalue weighted by molar-refractivity contribution is -0.133. The summed E-state index contributed by atoms with van der Waals surface area (Å²) in [7, 11) is 0. The van der Waals surface area contributed by atoms with Gasteiger partial charge in [-0.3, -0.25) is 4.79 Å².